The molecular weight excluding hydrogens is 216 g/mol. The van der Waals surface area contributed by atoms with Gasteiger partial charge in [-0.1, -0.05) is 30.3 Å². The van der Waals surface area contributed by atoms with Crippen LogP contribution in [0.4, 0.5) is 4.79 Å². The molecule has 0 bridgehead atoms. The zero-order chi connectivity index (χ0) is 12.9. The van der Waals surface area contributed by atoms with E-state index in [9.17, 15) is 4.79 Å². The van der Waals surface area contributed by atoms with Gasteiger partial charge in [0.25, 0.3) is 0 Å². The number of alkyl carbamates (subject to hydrolysis) is 1. The number of carbonyl (C=O) groups excluding carboxylic acids is 1. The topological polar surface area (TPSA) is 62.1 Å². The van der Waals surface area contributed by atoms with Gasteiger partial charge in [-0.25, -0.2) is 4.79 Å². The van der Waals surface area contributed by atoms with Crippen LogP contribution >= 0.6 is 0 Å². The Morgan fingerprint density at radius 3 is 2.41 bits per heavy atom. The summed E-state index contributed by atoms with van der Waals surface area (Å²) in [6.45, 7) is 5.32. The van der Waals surface area contributed by atoms with Gasteiger partial charge in [0.2, 0.25) is 0 Å². The van der Waals surface area contributed by atoms with Gasteiger partial charge in [0, 0.05) is 0 Å². The molecule has 1 unspecified atom stereocenters. The van der Waals surface area contributed by atoms with Crippen LogP contribution in [0, 0.1) is 11.3 Å². The third-order valence-electron chi connectivity index (χ3n) is 1.92. The molecule has 0 fully saturated rings. The Balaban J connectivity index is 2.67. The lowest BCUT2D eigenvalue weighted by molar-refractivity contribution is 0.0515. The fourth-order valence-corrected chi connectivity index (χ4v) is 1.26. The van der Waals surface area contributed by atoms with Gasteiger partial charge in [-0.3, -0.25) is 0 Å². The summed E-state index contributed by atoms with van der Waals surface area (Å²) < 4.78 is 5.09. The van der Waals surface area contributed by atoms with Crippen LogP contribution in [-0.4, -0.2) is 11.7 Å². The maximum atomic E-state index is 11.5. The Morgan fingerprint density at radius 2 is 1.94 bits per heavy atom. The molecule has 0 aliphatic heterocycles. The summed E-state index contributed by atoms with van der Waals surface area (Å²) in [6.07, 6.45) is -0.590. The third kappa shape index (κ3) is 4.56. The summed E-state index contributed by atoms with van der Waals surface area (Å²) in [5.74, 6) is 0. The van der Waals surface area contributed by atoms with Crippen molar-refractivity contribution in [3.63, 3.8) is 0 Å². The summed E-state index contributed by atoms with van der Waals surface area (Å²) in [6, 6.07) is 10.4. The Hall–Kier alpha value is -2.02. The van der Waals surface area contributed by atoms with Crippen molar-refractivity contribution in [2.75, 3.05) is 0 Å². The fraction of sp³-hybridized carbons (Fsp3) is 0.385. The highest BCUT2D eigenvalue weighted by Crippen LogP contribution is 2.13. The van der Waals surface area contributed by atoms with E-state index in [1.54, 1.807) is 32.9 Å². The maximum absolute atomic E-state index is 11.5. The van der Waals surface area contributed by atoms with E-state index < -0.39 is 17.7 Å². The Kier molecular flexibility index (Phi) is 4.11. The second kappa shape index (κ2) is 5.35. The molecule has 4 nitrogen and oxygen atoms in total. The van der Waals surface area contributed by atoms with E-state index in [2.05, 4.69) is 5.32 Å². The quantitative estimate of drug-likeness (QED) is 0.852. The molecular formula is C13H16N2O2. The molecule has 0 spiro atoms. The summed E-state index contributed by atoms with van der Waals surface area (Å²) in [5, 5.41) is 11.5. The standard InChI is InChI=1S/C13H16N2O2/c1-13(2,3)17-12(16)15-11(9-14)10-7-5-4-6-8-10/h4-8,11H,1-3H3,(H,15,16). The number of hydrogen-bond donors (Lipinski definition) is 1. The zero-order valence-corrected chi connectivity index (χ0v) is 10.2. The Morgan fingerprint density at radius 1 is 1.35 bits per heavy atom. The smallest absolute Gasteiger partial charge is 0.408 e. The van der Waals surface area contributed by atoms with Crippen molar-refractivity contribution in [2.45, 2.75) is 32.4 Å². The molecule has 0 heterocycles. The molecule has 1 N–H and O–H groups in total. The highest BCUT2D eigenvalue weighted by atomic mass is 16.6. The number of amides is 1. The molecule has 1 amide bonds. The van der Waals surface area contributed by atoms with Crippen molar-refractivity contribution in [3.8, 4) is 6.07 Å². The first-order valence-corrected chi connectivity index (χ1v) is 5.36. The lowest BCUT2D eigenvalue weighted by Crippen LogP contribution is -2.34. The van der Waals surface area contributed by atoms with Gasteiger partial charge >= 0.3 is 6.09 Å². The van der Waals surface area contributed by atoms with Crippen LogP contribution in [0.15, 0.2) is 30.3 Å². The van der Waals surface area contributed by atoms with Crippen LogP contribution in [0.1, 0.15) is 32.4 Å². The van der Waals surface area contributed by atoms with Crippen molar-refractivity contribution in [1.82, 2.24) is 5.32 Å². The minimum absolute atomic E-state index is 0.569. The van der Waals surface area contributed by atoms with Crippen molar-refractivity contribution >= 4 is 6.09 Å². The first-order valence-electron chi connectivity index (χ1n) is 5.36. The van der Waals surface area contributed by atoms with Gasteiger partial charge in [-0.2, -0.15) is 5.26 Å². The Labute approximate surface area is 101 Å². The average molecular weight is 232 g/mol. The number of nitrogens with one attached hydrogen (secondary N) is 1. The molecule has 0 aliphatic rings. The number of ether oxygens (including phenoxy) is 1. The molecule has 1 aromatic rings. The Bertz CT molecular complexity index is 415. The van der Waals surface area contributed by atoms with E-state index in [1.165, 1.54) is 0 Å². The summed E-state index contributed by atoms with van der Waals surface area (Å²) in [7, 11) is 0. The lowest BCUT2D eigenvalue weighted by atomic mass is 10.1. The SMILES string of the molecule is CC(C)(C)OC(=O)NC(C#N)c1ccccc1. The van der Waals surface area contributed by atoms with Gasteiger partial charge < -0.3 is 10.1 Å². The van der Waals surface area contributed by atoms with Gasteiger partial charge in [-0.05, 0) is 26.3 Å². The number of nitriles is 1. The van der Waals surface area contributed by atoms with E-state index in [-0.39, 0.29) is 0 Å². The van der Waals surface area contributed by atoms with E-state index in [4.69, 9.17) is 10.00 Å². The van der Waals surface area contributed by atoms with Crippen molar-refractivity contribution in [2.24, 2.45) is 0 Å². The zero-order valence-electron chi connectivity index (χ0n) is 10.2. The van der Waals surface area contributed by atoms with Crippen molar-refractivity contribution < 1.29 is 9.53 Å². The molecule has 1 atom stereocenters. The minimum Gasteiger partial charge on any atom is -0.444 e. The number of rotatable bonds is 2. The number of nitrogens with zero attached hydrogens (tertiary/aromatic N) is 1. The lowest BCUT2D eigenvalue weighted by Gasteiger charge is -2.21. The monoisotopic (exact) mass is 232 g/mol. The largest absolute Gasteiger partial charge is 0.444 e. The molecule has 4 heteroatoms. The van der Waals surface area contributed by atoms with E-state index >= 15 is 0 Å². The van der Waals surface area contributed by atoms with Crippen LogP contribution in [0.2, 0.25) is 0 Å². The molecule has 0 aliphatic carbocycles. The predicted octanol–water partition coefficient (Wildman–Crippen LogP) is 2.78. The van der Waals surface area contributed by atoms with Gasteiger partial charge in [0.15, 0.2) is 0 Å². The minimum atomic E-state index is -0.689. The first kappa shape index (κ1) is 13.0. The highest BCUT2D eigenvalue weighted by Gasteiger charge is 2.19. The van der Waals surface area contributed by atoms with Crippen LogP contribution in [-0.2, 0) is 4.74 Å². The van der Waals surface area contributed by atoms with Crippen molar-refractivity contribution in [3.05, 3.63) is 35.9 Å². The molecule has 17 heavy (non-hydrogen) atoms. The van der Waals surface area contributed by atoms with Gasteiger partial charge in [0.1, 0.15) is 11.6 Å². The molecule has 0 radical (unpaired) electrons. The third-order valence-corrected chi connectivity index (χ3v) is 1.92. The molecule has 0 saturated carbocycles. The first-order chi connectivity index (χ1) is 7.92. The number of benzene rings is 1. The van der Waals surface area contributed by atoms with Gasteiger partial charge in [-0.15, -0.1) is 0 Å². The molecule has 90 valence electrons. The van der Waals surface area contributed by atoms with Crippen LogP contribution in [0.5, 0.6) is 0 Å². The fourth-order valence-electron chi connectivity index (χ4n) is 1.26. The normalized spacial score (nSPS) is 12.4. The van der Waals surface area contributed by atoms with Crippen molar-refractivity contribution in [1.29, 1.82) is 5.26 Å². The van der Waals surface area contributed by atoms with Gasteiger partial charge in [0.05, 0.1) is 6.07 Å². The summed E-state index contributed by atoms with van der Waals surface area (Å²) >= 11 is 0. The van der Waals surface area contributed by atoms with E-state index in [0.29, 0.717) is 0 Å². The number of carbonyl (C=O) groups is 1. The van der Waals surface area contributed by atoms with E-state index in [0.717, 1.165) is 5.56 Å². The molecule has 0 saturated heterocycles. The molecule has 0 aromatic heterocycles. The van der Waals surface area contributed by atoms with Crippen LogP contribution < -0.4 is 5.32 Å². The predicted molar refractivity (Wildman–Crippen MR) is 64.2 cm³/mol. The number of hydrogen-bond acceptors (Lipinski definition) is 3. The van der Waals surface area contributed by atoms with Crippen LogP contribution in [0.3, 0.4) is 0 Å². The summed E-state index contributed by atoms with van der Waals surface area (Å²) in [4.78, 5) is 11.5. The average Bonchev–Trinajstić information content (AvgIpc) is 2.24. The van der Waals surface area contributed by atoms with Crippen LogP contribution in [0.25, 0.3) is 0 Å². The second-order valence-corrected chi connectivity index (χ2v) is 4.62. The maximum Gasteiger partial charge on any atom is 0.408 e. The highest BCUT2D eigenvalue weighted by molar-refractivity contribution is 5.69. The second-order valence-electron chi connectivity index (χ2n) is 4.62. The summed E-state index contributed by atoms with van der Waals surface area (Å²) in [5.41, 5.74) is 0.168. The molecule has 1 rings (SSSR count). The van der Waals surface area contributed by atoms with E-state index in [1.807, 2.05) is 24.3 Å². The molecule has 1 aromatic carbocycles.